The minimum absolute atomic E-state index is 0.134. The number of hydrogen-bond acceptors (Lipinski definition) is 4. The molecular weight excluding hydrogens is 341 g/mol. The molecule has 3 atom stereocenters. The summed E-state index contributed by atoms with van der Waals surface area (Å²) in [6.07, 6.45) is 3.69. The first-order valence-corrected chi connectivity index (χ1v) is 8.66. The van der Waals surface area contributed by atoms with Crippen molar-refractivity contribution >= 4 is 11.9 Å². The Labute approximate surface area is 156 Å². The third-order valence-electron chi connectivity index (χ3n) is 5.59. The number of carbonyl (C=O) groups is 1. The Morgan fingerprint density at radius 1 is 1.11 bits per heavy atom. The summed E-state index contributed by atoms with van der Waals surface area (Å²) in [5.74, 6) is -1.23. The molecule has 4 rings (SSSR count). The zero-order valence-electron chi connectivity index (χ0n) is 14.6. The Hall–Kier alpha value is -3.44. The number of nitrogens with zero attached hydrogens (tertiary/aromatic N) is 3. The van der Waals surface area contributed by atoms with Gasteiger partial charge in [-0.05, 0) is 41.8 Å². The van der Waals surface area contributed by atoms with Gasteiger partial charge < -0.3 is 4.90 Å². The quantitative estimate of drug-likeness (QED) is 0.816. The first kappa shape index (κ1) is 17.0. The topological polar surface area (TPSA) is 67.9 Å². The van der Waals surface area contributed by atoms with Crippen LogP contribution in [-0.4, -0.2) is 16.7 Å². The zero-order valence-corrected chi connectivity index (χ0v) is 14.6. The summed E-state index contributed by atoms with van der Waals surface area (Å²) in [5, 5.41) is 20.3. The zero-order chi connectivity index (χ0) is 19.2. The van der Waals surface area contributed by atoms with E-state index in [1.807, 2.05) is 35.2 Å². The highest BCUT2D eigenvalue weighted by molar-refractivity contribution is 5.85. The number of Topliss-reactive ketones (excluding diaryl/α,β-unsaturated/α-hetero) is 1. The van der Waals surface area contributed by atoms with Gasteiger partial charge in [-0.3, -0.25) is 4.79 Å². The highest BCUT2D eigenvalue weighted by Gasteiger charge is 2.63. The number of halogens is 1. The van der Waals surface area contributed by atoms with E-state index in [1.165, 1.54) is 19.1 Å². The number of benzene rings is 2. The first-order chi connectivity index (χ1) is 13.0. The fourth-order valence-electron chi connectivity index (χ4n) is 4.50. The second-order valence-corrected chi connectivity index (χ2v) is 6.97. The van der Waals surface area contributed by atoms with Crippen molar-refractivity contribution < 1.29 is 9.18 Å². The van der Waals surface area contributed by atoms with Crippen molar-refractivity contribution in [1.82, 2.24) is 4.90 Å². The van der Waals surface area contributed by atoms with Gasteiger partial charge in [0, 0.05) is 12.1 Å². The van der Waals surface area contributed by atoms with Crippen molar-refractivity contribution in [3.05, 3.63) is 77.2 Å². The van der Waals surface area contributed by atoms with Gasteiger partial charge in [0.1, 0.15) is 5.82 Å². The van der Waals surface area contributed by atoms with E-state index >= 15 is 0 Å². The maximum absolute atomic E-state index is 13.5. The molecule has 0 aromatic heterocycles. The van der Waals surface area contributed by atoms with Crippen LogP contribution in [0.5, 0.6) is 0 Å². The number of carbonyl (C=O) groups excluding carboxylic acids is 1. The molecule has 2 aromatic rings. The lowest BCUT2D eigenvalue weighted by Gasteiger charge is -2.34. The monoisotopic (exact) mass is 357 g/mol. The minimum Gasteiger partial charge on any atom is -0.357 e. The molecular formula is C22H16FN3O. The molecule has 2 aromatic carbocycles. The number of nitriles is 2. The van der Waals surface area contributed by atoms with Gasteiger partial charge in [-0.25, -0.2) is 4.39 Å². The third kappa shape index (κ3) is 2.29. The number of rotatable bonds is 2. The maximum atomic E-state index is 13.5. The van der Waals surface area contributed by atoms with Crippen molar-refractivity contribution in [3.8, 4) is 12.1 Å². The van der Waals surface area contributed by atoms with E-state index in [1.54, 1.807) is 18.3 Å². The van der Waals surface area contributed by atoms with E-state index in [4.69, 9.17) is 0 Å². The second-order valence-electron chi connectivity index (χ2n) is 6.97. The minimum atomic E-state index is -1.48. The van der Waals surface area contributed by atoms with E-state index in [2.05, 4.69) is 12.1 Å². The standard InChI is InChI=1S/C22H16FN3O/c1-14(27)20-19(16-6-8-17(23)9-7-16)22(12-24,13-25)21-18-5-3-2-4-15(18)10-11-26(20)21/h2-11,19-21H,1H3/t19-,20-,21+/m0/s1. The Kier molecular flexibility index (Phi) is 3.82. The lowest BCUT2D eigenvalue weighted by molar-refractivity contribution is -0.121. The molecule has 132 valence electrons. The third-order valence-corrected chi connectivity index (χ3v) is 5.59. The van der Waals surface area contributed by atoms with Crippen LogP contribution < -0.4 is 0 Å². The molecule has 0 radical (unpaired) electrons. The lowest BCUT2D eigenvalue weighted by Crippen LogP contribution is -2.36. The molecule has 0 unspecified atom stereocenters. The number of ketones is 1. The Balaban J connectivity index is 2.00. The summed E-state index contributed by atoms with van der Waals surface area (Å²) < 4.78 is 13.5. The Bertz CT molecular complexity index is 1010. The van der Waals surface area contributed by atoms with Crippen LogP contribution in [0, 0.1) is 33.9 Å². The molecule has 1 fully saturated rings. The molecule has 0 bridgehead atoms. The van der Waals surface area contributed by atoms with Gasteiger partial charge in [-0.2, -0.15) is 10.5 Å². The fourth-order valence-corrected chi connectivity index (χ4v) is 4.50. The average molecular weight is 357 g/mol. The second kappa shape index (κ2) is 6.07. The van der Waals surface area contributed by atoms with Crippen LogP contribution in [0.3, 0.4) is 0 Å². The Morgan fingerprint density at radius 3 is 2.41 bits per heavy atom. The van der Waals surface area contributed by atoms with Crippen molar-refractivity contribution in [1.29, 1.82) is 10.5 Å². The largest absolute Gasteiger partial charge is 0.357 e. The average Bonchev–Trinajstić information content (AvgIpc) is 3.00. The summed E-state index contributed by atoms with van der Waals surface area (Å²) in [4.78, 5) is 14.4. The van der Waals surface area contributed by atoms with Crippen LogP contribution in [0.25, 0.3) is 6.08 Å². The van der Waals surface area contributed by atoms with Gasteiger partial charge in [-0.15, -0.1) is 0 Å². The maximum Gasteiger partial charge on any atom is 0.177 e. The molecule has 2 aliphatic heterocycles. The predicted octanol–water partition coefficient (Wildman–Crippen LogP) is 3.94. The van der Waals surface area contributed by atoms with E-state index < -0.39 is 29.2 Å². The highest BCUT2D eigenvalue weighted by Crippen LogP contribution is 2.59. The van der Waals surface area contributed by atoms with Crippen LogP contribution in [0.1, 0.15) is 35.6 Å². The van der Waals surface area contributed by atoms with Gasteiger partial charge in [-0.1, -0.05) is 36.4 Å². The number of hydrogen-bond donors (Lipinski definition) is 0. The van der Waals surface area contributed by atoms with Crippen molar-refractivity contribution in [2.24, 2.45) is 5.41 Å². The Morgan fingerprint density at radius 2 is 1.78 bits per heavy atom. The van der Waals surface area contributed by atoms with E-state index in [-0.39, 0.29) is 5.78 Å². The van der Waals surface area contributed by atoms with Crippen LogP contribution in [-0.2, 0) is 4.79 Å². The van der Waals surface area contributed by atoms with Gasteiger partial charge in [0.25, 0.3) is 0 Å². The molecule has 0 saturated carbocycles. The predicted molar refractivity (Wildman–Crippen MR) is 97.3 cm³/mol. The van der Waals surface area contributed by atoms with Crippen molar-refractivity contribution in [3.63, 3.8) is 0 Å². The van der Waals surface area contributed by atoms with Gasteiger partial charge in [0.2, 0.25) is 0 Å². The van der Waals surface area contributed by atoms with E-state index in [0.29, 0.717) is 5.56 Å². The SMILES string of the molecule is CC(=O)[C@H]1[C@H](c2ccc(F)cc2)C(C#N)(C#N)[C@H]2c3ccccc3C=CN12. The highest BCUT2D eigenvalue weighted by atomic mass is 19.1. The van der Waals surface area contributed by atoms with Gasteiger partial charge in [0.15, 0.2) is 11.2 Å². The van der Waals surface area contributed by atoms with Gasteiger partial charge in [0.05, 0.1) is 24.2 Å². The number of fused-ring (bicyclic) bond motifs is 3. The van der Waals surface area contributed by atoms with Crippen molar-refractivity contribution in [2.75, 3.05) is 0 Å². The fraction of sp³-hybridized carbons (Fsp3) is 0.227. The van der Waals surface area contributed by atoms with Crippen LogP contribution in [0.4, 0.5) is 4.39 Å². The lowest BCUT2D eigenvalue weighted by atomic mass is 9.68. The summed E-state index contributed by atoms with van der Waals surface area (Å²) >= 11 is 0. The van der Waals surface area contributed by atoms with E-state index in [0.717, 1.165) is 11.1 Å². The molecule has 0 spiro atoms. The molecule has 0 amide bonds. The molecule has 5 heteroatoms. The molecule has 0 aliphatic carbocycles. The summed E-state index contributed by atoms with van der Waals surface area (Å²) in [7, 11) is 0. The molecule has 4 nitrogen and oxygen atoms in total. The van der Waals surface area contributed by atoms with Crippen LogP contribution >= 0.6 is 0 Å². The summed E-state index contributed by atoms with van der Waals surface area (Å²) in [6, 6.07) is 16.5. The molecule has 2 aliphatic rings. The molecule has 1 saturated heterocycles. The smallest absolute Gasteiger partial charge is 0.177 e. The van der Waals surface area contributed by atoms with Gasteiger partial charge >= 0.3 is 0 Å². The molecule has 27 heavy (non-hydrogen) atoms. The first-order valence-electron chi connectivity index (χ1n) is 8.66. The molecule has 0 N–H and O–H groups in total. The summed E-state index contributed by atoms with van der Waals surface area (Å²) in [6.45, 7) is 1.47. The summed E-state index contributed by atoms with van der Waals surface area (Å²) in [5.41, 5.74) is 0.907. The van der Waals surface area contributed by atoms with E-state index in [9.17, 15) is 19.7 Å². The van der Waals surface area contributed by atoms with Crippen molar-refractivity contribution in [2.45, 2.75) is 24.9 Å². The van der Waals surface area contributed by atoms with Crippen LogP contribution in [0.2, 0.25) is 0 Å². The molecule has 2 heterocycles. The van der Waals surface area contributed by atoms with Crippen LogP contribution in [0.15, 0.2) is 54.7 Å². The normalized spacial score (nSPS) is 24.4.